The Balaban J connectivity index is 0.632. The zero-order valence-electron chi connectivity index (χ0n) is 43.1. The van der Waals surface area contributed by atoms with E-state index in [1.54, 1.807) is 16.1 Å². The normalized spacial score (nSPS) is 23.3. The van der Waals surface area contributed by atoms with Gasteiger partial charge in [0, 0.05) is 126 Å². The Morgan fingerprint density at radius 2 is 1.56 bits per heavy atom. The minimum Gasteiger partial charge on any atom is -0.375 e. The standard InChI is InChI=1S/C55H74F2N12O4/c1-4-41(65-18-11-38(12-19-65)32-64-24-26-66(27-25-64)42-7-8-43-39(28-42)34-69(53(43)73)46-9-10-50(70)61-52(46)72)6-5-17-58-48-31-49(60-37-59-48)67-22-15-55(16-23-67)36-68(35-51(71)62-55)47-30-44(56)40(29-45(47)57)33-63-20-13-54(2,3)14-21-63/h4,7-8,28-31,37-38,46H,5-6,9-27,32-36H2,1-3H3,(H,62,71)(H,58,59,60)(H,61,70,72). The lowest BCUT2D eigenvalue weighted by atomic mass is 9.82. The number of fused-ring (bicyclic) bond motifs is 1. The van der Waals surface area contributed by atoms with Crippen molar-refractivity contribution in [3.63, 3.8) is 0 Å². The summed E-state index contributed by atoms with van der Waals surface area (Å²) in [4.78, 5) is 74.9. The van der Waals surface area contributed by atoms with Crippen LogP contribution in [0.3, 0.4) is 0 Å². The van der Waals surface area contributed by atoms with Gasteiger partial charge in [-0.25, -0.2) is 18.7 Å². The van der Waals surface area contributed by atoms with E-state index in [1.807, 2.05) is 18.2 Å². The first kappa shape index (κ1) is 50.6. The van der Waals surface area contributed by atoms with Crippen molar-refractivity contribution in [1.29, 1.82) is 0 Å². The number of nitrogens with one attached hydrogen (secondary N) is 3. The molecule has 7 aliphatic rings. The van der Waals surface area contributed by atoms with E-state index in [0.29, 0.717) is 69.0 Å². The van der Waals surface area contributed by atoms with Crippen molar-refractivity contribution in [2.75, 3.05) is 112 Å². The minimum atomic E-state index is -0.603. The summed E-state index contributed by atoms with van der Waals surface area (Å²) in [5, 5.41) is 9.14. The number of halogens is 2. The number of piperazine rings is 2. The SMILES string of the molecule is CC=C(CCCNc1cc(N2CCC3(CC2)CN(c2cc(F)c(CN4CCC(C)(C)CC4)cc2F)CC(=O)N3)ncn1)N1CCC(CN2CCN(c3ccc4c(c3)CN(C3CCC(=O)NC3=O)C4=O)CC2)CC1. The van der Waals surface area contributed by atoms with E-state index in [9.17, 15) is 19.2 Å². The quantitative estimate of drug-likeness (QED) is 0.133. The van der Waals surface area contributed by atoms with Gasteiger partial charge >= 0.3 is 0 Å². The highest BCUT2D eigenvalue weighted by atomic mass is 19.1. The van der Waals surface area contributed by atoms with Crippen molar-refractivity contribution >= 4 is 46.6 Å². The molecule has 1 unspecified atom stereocenters. The molecule has 8 heterocycles. The number of imide groups is 1. The number of rotatable bonds is 14. The lowest BCUT2D eigenvalue weighted by Crippen LogP contribution is -2.66. The van der Waals surface area contributed by atoms with E-state index in [2.05, 4.69) is 83.3 Å². The van der Waals surface area contributed by atoms with Gasteiger partial charge in [-0.2, -0.15) is 0 Å². The number of hydrogen-bond acceptors (Lipinski definition) is 13. The first-order chi connectivity index (χ1) is 35.2. The van der Waals surface area contributed by atoms with Crippen LogP contribution in [-0.2, 0) is 27.5 Å². The van der Waals surface area contributed by atoms with E-state index in [0.717, 1.165) is 114 Å². The predicted octanol–water partition coefficient (Wildman–Crippen LogP) is 5.74. The zero-order valence-corrected chi connectivity index (χ0v) is 43.1. The highest BCUT2D eigenvalue weighted by molar-refractivity contribution is 6.05. The molecule has 6 fully saturated rings. The van der Waals surface area contributed by atoms with Crippen molar-refractivity contribution in [2.24, 2.45) is 11.3 Å². The molecule has 3 aromatic rings. The molecule has 0 saturated carbocycles. The maximum atomic E-state index is 15.7. The third-order valence-corrected chi connectivity index (χ3v) is 17.0. The number of nitrogens with zero attached hydrogens (tertiary/aromatic N) is 9. The molecule has 1 spiro atoms. The van der Waals surface area contributed by atoms with E-state index in [4.69, 9.17) is 0 Å². The number of likely N-dealkylation sites (tertiary alicyclic amines) is 2. The summed E-state index contributed by atoms with van der Waals surface area (Å²) in [6.07, 6.45) is 12.1. The van der Waals surface area contributed by atoms with Crippen LogP contribution in [0.1, 0.15) is 106 Å². The molecule has 10 rings (SSSR count). The van der Waals surface area contributed by atoms with Crippen molar-refractivity contribution in [2.45, 2.75) is 110 Å². The van der Waals surface area contributed by atoms with Crippen molar-refractivity contribution < 1.29 is 28.0 Å². The summed E-state index contributed by atoms with van der Waals surface area (Å²) in [6, 6.07) is 10.1. The Labute approximate surface area is 428 Å². The number of piperidine rings is 4. The molecule has 1 aromatic heterocycles. The molecule has 1 atom stereocenters. The molecule has 18 heteroatoms. The summed E-state index contributed by atoms with van der Waals surface area (Å²) in [5.41, 5.74) is 4.33. The largest absolute Gasteiger partial charge is 0.375 e. The fourth-order valence-corrected chi connectivity index (χ4v) is 12.4. The second-order valence-electron chi connectivity index (χ2n) is 22.5. The zero-order chi connectivity index (χ0) is 50.9. The molecule has 4 amide bonds. The van der Waals surface area contributed by atoms with E-state index >= 15 is 8.78 Å². The highest BCUT2D eigenvalue weighted by Gasteiger charge is 2.43. The lowest BCUT2D eigenvalue weighted by Gasteiger charge is -2.48. The minimum absolute atomic E-state index is 0.0118. The Morgan fingerprint density at radius 1 is 0.795 bits per heavy atom. The number of carbonyl (C=O) groups excluding carboxylic acids is 4. The first-order valence-electron chi connectivity index (χ1n) is 26.9. The smallest absolute Gasteiger partial charge is 0.255 e. The van der Waals surface area contributed by atoms with Gasteiger partial charge in [0.1, 0.15) is 35.6 Å². The summed E-state index contributed by atoms with van der Waals surface area (Å²) in [5.74, 6) is 0.377. The molecule has 2 aromatic carbocycles. The fraction of sp³-hybridized carbons (Fsp3) is 0.600. The second-order valence-corrected chi connectivity index (χ2v) is 22.5. The topological polar surface area (TPSA) is 153 Å². The van der Waals surface area contributed by atoms with Gasteiger partial charge in [0.15, 0.2) is 0 Å². The molecule has 7 aliphatic heterocycles. The Bertz CT molecular complexity index is 2560. The van der Waals surface area contributed by atoms with Crippen LogP contribution in [0.5, 0.6) is 0 Å². The second kappa shape index (κ2) is 21.5. The highest BCUT2D eigenvalue weighted by Crippen LogP contribution is 2.36. The van der Waals surface area contributed by atoms with E-state index in [1.165, 1.54) is 30.7 Å². The molecule has 0 radical (unpaired) electrons. The van der Waals surface area contributed by atoms with Crippen LogP contribution in [0.2, 0.25) is 0 Å². The van der Waals surface area contributed by atoms with Crippen molar-refractivity contribution in [3.8, 4) is 0 Å². The van der Waals surface area contributed by atoms with Crippen LogP contribution < -0.4 is 30.7 Å². The molecular weight excluding hydrogens is 931 g/mol. The molecule has 0 aliphatic carbocycles. The fourth-order valence-electron chi connectivity index (χ4n) is 12.4. The van der Waals surface area contributed by atoms with Gasteiger partial charge in [0.05, 0.1) is 17.8 Å². The number of hydrogen-bond donors (Lipinski definition) is 3. The van der Waals surface area contributed by atoms with Crippen LogP contribution in [0.25, 0.3) is 0 Å². The van der Waals surface area contributed by atoms with Gasteiger partial charge in [-0.05, 0) is 119 Å². The molecule has 6 saturated heterocycles. The van der Waals surface area contributed by atoms with Gasteiger partial charge in [-0.15, -0.1) is 0 Å². The number of anilines is 4. The van der Waals surface area contributed by atoms with Gasteiger partial charge in [0.2, 0.25) is 17.7 Å². The van der Waals surface area contributed by atoms with E-state index in [-0.39, 0.29) is 47.7 Å². The molecular formula is C55H74F2N12O4. The number of benzene rings is 2. The van der Waals surface area contributed by atoms with Crippen LogP contribution in [0.4, 0.5) is 31.8 Å². The summed E-state index contributed by atoms with van der Waals surface area (Å²) >= 11 is 0. The van der Waals surface area contributed by atoms with Gasteiger partial charge in [-0.1, -0.05) is 19.9 Å². The summed E-state index contributed by atoms with van der Waals surface area (Å²) in [6.45, 7) is 18.7. The van der Waals surface area contributed by atoms with Gasteiger partial charge in [-0.3, -0.25) is 34.3 Å². The number of allylic oxidation sites excluding steroid dienone is 2. The summed E-state index contributed by atoms with van der Waals surface area (Å²) < 4.78 is 31.3. The van der Waals surface area contributed by atoms with Crippen LogP contribution in [0, 0.1) is 23.0 Å². The van der Waals surface area contributed by atoms with Crippen molar-refractivity contribution in [3.05, 3.63) is 82.8 Å². The Kier molecular flexibility index (Phi) is 14.9. The summed E-state index contributed by atoms with van der Waals surface area (Å²) in [7, 11) is 0. The third-order valence-electron chi connectivity index (χ3n) is 17.0. The predicted molar refractivity (Wildman–Crippen MR) is 278 cm³/mol. The average molecular weight is 1010 g/mol. The van der Waals surface area contributed by atoms with E-state index < -0.39 is 23.2 Å². The van der Waals surface area contributed by atoms with Crippen LogP contribution >= 0.6 is 0 Å². The van der Waals surface area contributed by atoms with Crippen LogP contribution in [-0.4, -0.2) is 156 Å². The lowest BCUT2D eigenvalue weighted by molar-refractivity contribution is -0.137. The molecule has 3 N–H and O–H groups in total. The number of amides is 4. The maximum absolute atomic E-state index is 15.7. The molecule has 392 valence electrons. The molecule has 0 bridgehead atoms. The Hall–Kier alpha value is -5.88. The molecule has 16 nitrogen and oxygen atoms in total. The average Bonchev–Trinajstić information content (AvgIpc) is 3.70. The first-order valence-corrected chi connectivity index (χ1v) is 26.9. The Morgan fingerprint density at radius 3 is 2.30 bits per heavy atom. The maximum Gasteiger partial charge on any atom is 0.255 e. The van der Waals surface area contributed by atoms with Gasteiger partial charge in [0.25, 0.3) is 5.91 Å². The van der Waals surface area contributed by atoms with Crippen LogP contribution in [0.15, 0.2) is 54.5 Å². The monoisotopic (exact) mass is 1000 g/mol. The number of aromatic nitrogens is 2. The third kappa shape index (κ3) is 11.6. The van der Waals surface area contributed by atoms with Gasteiger partial charge < -0.3 is 35.1 Å². The number of carbonyl (C=O) groups is 4. The molecule has 73 heavy (non-hydrogen) atoms. The van der Waals surface area contributed by atoms with Crippen molar-refractivity contribution in [1.82, 2.24) is 40.2 Å².